The van der Waals surface area contributed by atoms with Crippen LogP contribution in [0.2, 0.25) is 0 Å². The molecule has 3 rings (SSSR count). The minimum absolute atomic E-state index is 0.526. The van der Waals surface area contributed by atoms with Crippen LogP contribution in [0, 0.1) is 0 Å². The molecule has 5 heteroatoms. The van der Waals surface area contributed by atoms with E-state index >= 15 is 0 Å². The molecule has 1 aromatic carbocycles. The molecule has 0 spiro atoms. The molecule has 0 aliphatic heterocycles. The van der Waals surface area contributed by atoms with Crippen LogP contribution in [-0.2, 0) is 13.1 Å². The van der Waals surface area contributed by atoms with Gasteiger partial charge < -0.3 is 14.7 Å². The summed E-state index contributed by atoms with van der Waals surface area (Å²) in [5.41, 5.74) is 8.87. The molecule has 4 nitrogen and oxygen atoms in total. The van der Waals surface area contributed by atoms with Crippen molar-refractivity contribution in [2.24, 2.45) is 5.73 Å². The van der Waals surface area contributed by atoms with Gasteiger partial charge in [-0.05, 0) is 52.2 Å². The first-order valence-corrected chi connectivity index (χ1v) is 7.47. The van der Waals surface area contributed by atoms with Crippen LogP contribution in [0.3, 0.4) is 0 Å². The normalized spacial score (nSPS) is 11.3. The third kappa shape index (κ3) is 2.27. The molecule has 0 unspecified atom stereocenters. The van der Waals surface area contributed by atoms with E-state index < -0.39 is 0 Å². The maximum Gasteiger partial charge on any atom is 0.177 e. The lowest BCUT2D eigenvalue weighted by atomic mass is 10.2. The third-order valence-electron chi connectivity index (χ3n) is 3.29. The summed E-state index contributed by atoms with van der Waals surface area (Å²) >= 11 is 3.34. The number of hydrogen-bond donors (Lipinski definition) is 1. The maximum atomic E-state index is 5.70. The first kappa shape index (κ1) is 13.4. The van der Waals surface area contributed by atoms with Crippen molar-refractivity contribution < 1.29 is 4.42 Å². The van der Waals surface area contributed by atoms with Crippen LogP contribution in [0.1, 0.15) is 18.9 Å². The summed E-state index contributed by atoms with van der Waals surface area (Å²) in [7, 11) is 0. The Labute approximate surface area is 125 Å². The lowest BCUT2D eigenvalue weighted by molar-refractivity contribution is 0.544. The number of benzene rings is 1. The Bertz CT molecular complexity index is 745. The number of fused-ring (bicyclic) bond motifs is 1. The zero-order chi connectivity index (χ0) is 14.1. The summed E-state index contributed by atoms with van der Waals surface area (Å²) in [6.45, 7) is 3.59. The second kappa shape index (κ2) is 5.42. The average molecular weight is 334 g/mol. The van der Waals surface area contributed by atoms with Crippen LogP contribution < -0.4 is 5.73 Å². The van der Waals surface area contributed by atoms with Crippen LogP contribution in [0.15, 0.2) is 39.4 Å². The van der Waals surface area contributed by atoms with E-state index in [2.05, 4.69) is 39.6 Å². The van der Waals surface area contributed by atoms with Crippen LogP contribution in [-0.4, -0.2) is 9.55 Å². The van der Waals surface area contributed by atoms with E-state index in [9.17, 15) is 0 Å². The monoisotopic (exact) mass is 333 g/mol. The molecule has 0 saturated heterocycles. The molecule has 0 saturated carbocycles. The van der Waals surface area contributed by atoms with Crippen LogP contribution in [0.5, 0.6) is 0 Å². The fourth-order valence-corrected chi connectivity index (χ4v) is 2.68. The number of nitrogens with zero attached hydrogens (tertiary/aromatic N) is 2. The Kier molecular flexibility index (Phi) is 3.63. The SMILES string of the molecule is CCCn1c(-c2ccc(Br)o2)nc2cc(CN)ccc21. The number of nitrogens with two attached hydrogens (primary N) is 1. The summed E-state index contributed by atoms with van der Waals surface area (Å²) in [5.74, 6) is 1.64. The van der Waals surface area contributed by atoms with E-state index in [4.69, 9.17) is 15.1 Å². The van der Waals surface area contributed by atoms with Gasteiger partial charge in [0.2, 0.25) is 0 Å². The molecule has 0 bridgehead atoms. The zero-order valence-corrected chi connectivity index (χ0v) is 12.9. The molecule has 0 aliphatic rings. The van der Waals surface area contributed by atoms with Crippen molar-refractivity contribution in [3.63, 3.8) is 0 Å². The molecule has 2 N–H and O–H groups in total. The first-order chi connectivity index (χ1) is 9.72. The molecular formula is C15H16BrN3O. The molecular weight excluding hydrogens is 318 g/mol. The van der Waals surface area contributed by atoms with E-state index in [1.807, 2.05) is 18.2 Å². The Morgan fingerprint density at radius 3 is 2.80 bits per heavy atom. The molecule has 0 fully saturated rings. The number of aromatic nitrogens is 2. The first-order valence-electron chi connectivity index (χ1n) is 6.68. The van der Waals surface area contributed by atoms with E-state index in [0.29, 0.717) is 11.2 Å². The second-order valence-electron chi connectivity index (χ2n) is 4.72. The highest BCUT2D eigenvalue weighted by Gasteiger charge is 2.15. The molecule has 0 atom stereocenters. The smallest absolute Gasteiger partial charge is 0.177 e. The van der Waals surface area contributed by atoms with E-state index in [1.54, 1.807) is 0 Å². The Balaban J connectivity index is 2.21. The summed E-state index contributed by atoms with van der Waals surface area (Å²) in [6.07, 6.45) is 1.04. The number of hydrogen-bond acceptors (Lipinski definition) is 3. The van der Waals surface area contributed by atoms with E-state index in [1.165, 1.54) is 0 Å². The Morgan fingerprint density at radius 2 is 2.15 bits per heavy atom. The van der Waals surface area contributed by atoms with Crippen LogP contribution in [0.25, 0.3) is 22.6 Å². The van der Waals surface area contributed by atoms with Crippen LogP contribution >= 0.6 is 15.9 Å². The topological polar surface area (TPSA) is 57.0 Å². The van der Waals surface area contributed by atoms with Crippen molar-refractivity contribution in [3.8, 4) is 11.6 Å². The van der Waals surface area contributed by atoms with Crippen LogP contribution in [0.4, 0.5) is 0 Å². The molecule has 0 amide bonds. The van der Waals surface area contributed by atoms with Gasteiger partial charge in [0.05, 0.1) is 11.0 Å². The van der Waals surface area contributed by atoms with E-state index in [-0.39, 0.29) is 0 Å². The predicted octanol–water partition coefficient (Wildman–Crippen LogP) is 3.93. The lowest BCUT2D eigenvalue weighted by Gasteiger charge is -2.05. The Morgan fingerprint density at radius 1 is 1.30 bits per heavy atom. The van der Waals surface area contributed by atoms with Gasteiger partial charge in [0.25, 0.3) is 0 Å². The summed E-state index contributed by atoms with van der Waals surface area (Å²) in [5, 5.41) is 0. The Hall–Kier alpha value is -1.59. The summed E-state index contributed by atoms with van der Waals surface area (Å²) < 4.78 is 8.56. The van der Waals surface area contributed by atoms with Gasteiger partial charge in [0, 0.05) is 13.1 Å². The minimum Gasteiger partial charge on any atom is -0.446 e. The molecule has 0 radical (unpaired) electrons. The highest BCUT2D eigenvalue weighted by molar-refractivity contribution is 9.10. The van der Waals surface area contributed by atoms with Crippen molar-refractivity contribution in [2.45, 2.75) is 26.4 Å². The van der Waals surface area contributed by atoms with Crippen molar-refractivity contribution in [2.75, 3.05) is 0 Å². The van der Waals surface area contributed by atoms with Gasteiger partial charge in [0.1, 0.15) is 0 Å². The fourth-order valence-electron chi connectivity index (χ4n) is 2.37. The largest absolute Gasteiger partial charge is 0.446 e. The highest BCUT2D eigenvalue weighted by Crippen LogP contribution is 2.28. The van der Waals surface area contributed by atoms with Crippen molar-refractivity contribution >= 4 is 27.0 Å². The van der Waals surface area contributed by atoms with Gasteiger partial charge in [-0.25, -0.2) is 4.98 Å². The van der Waals surface area contributed by atoms with Crippen molar-refractivity contribution in [3.05, 3.63) is 40.6 Å². The standard InChI is InChI=1S/C15H16BrN3O/c1-2-7-19-12-4-3-10(9-17)8-11(12)18-15(19)13-5-6-14(16)20-13/h3-6,8H,2,7,9,17H2,1H3. The second-order valence-corrected chi connectivity index (χ2v) is 5.50. The molecule has 104 valence electrons. The van der Waals surface area contributed by atoms with Gasteiger partial charge in [-0.2, -0.15) is 0 Å². The predicted molar refractivity (Wildman–Crippen MR) is 83.3 cm³/mol. The molecule has 2 aromatic heterocycles. The van der Waals surface area contributed by atoms with Gasteiger partial charge in [-0.1, -0.05) is 13.0 Å². The molecule has 0 aliphatic carbocycles. The summed E-state index contributed by atoms with van der Waals surface area (Å²) in [6, 6.07) is 10.0. The van der Waals surface area contributed by atoms with Gasteiger partial charge in [0.15, 0.2) is 16.3 Å². The van der Waals surface area contributed by atoms with Gasteiger partial charge in [-0.15, -0.1) is 0 Å². The summed E-state index contributed by atoms with van der Waals surface area (Å²) in [4.78, 5) is 4.72. The van der Waals surface area contributed by atoms with Crippen molar-refractivity contribution in [1.82, 2.24) is 9.55 Å². The van der Waals surface area contributed by atoms with Crippen molar-refractivity contribution in [1.29, 1.82) is 0 Å². The average Bonchev–Trinajstić information content (AvgIpc) is 3.03. The minimum atomic E-state index is 0.526. The maximum absolute atomic E-state index is 5.70. The number of halogens is 1. The lowest BCUT2D eigenvalue weighted by Crippen LogP contribution is -1.99. The zero-order valence-electron chi connectivity index (χ0n) is 11.3. The molecule has 2 heterocycles. The third-order valence-corrected chi connectivity index (χ3v) is 3.72. The molecule has 20 heavy (non-hydrogen) atoms. The quantitative estimate of drug-likeness (QED) is 0.786. The fraction of sp³-hybridized carbons (Fsp3) is 0.267. The molecule has 3 aromatic rings. The highest BCUT2D eigenvalue weighted by atomic mass is 79.9. The number of aryl methyl sites for hydroxylation is 1. The van der Waals surface area contributed by atoms with E-state index in [0.717, 1.165) is 41.1 Å². The number of furan rings is 1. The van der Waals surface area contributed by atoms with Gasteiger partial charge in [-0.3, -0.25) is 0 Å². The number of rotatable bonds is 4. The van der Waals surface area contributed by atoms with Gasteiger partial charge >= 0.3 is 0 Å². The number of imidazole rings is 1.